The van der Waals surface area contributed by atoms with Crippen LogP contribution in [0.15, 0.2) is 47.4 Å². The first-order valence-electron chi connectivity index (χ1n) is 10.3. The number of aryl methyl sites for hydroxylation is 3. The molecule has 162 valence electrons. The highest BCUT2D eigenvalue weighted by Crippen LogP contribution is 2.23. The smallest absolute Gasteiger partial charge is 0.263 e. The molecule has 7 heteroatoms. The van der Waals surface area contributed by atoms with E-state index >= 15 is 0 Å². The van der Waals surface area contributed by atoms with Crippen LogP contribution in [0.1, 0.15) is 30.0 Å². The van der Waals surface area contributed by atoms with Crippen molar-refractivity contribution in [2.75, 3.05) is 26.2 Å². The highest BCUT2D eigenvalue weighted by molar-refractivity contribution is 7.89. The maximum atomic E-state index is 13.0. The van der Waals surface area contributed by atoms with E-state index in [1.165, 1.54) is 4.31 Å². The van der Waals surface area contributed by atoms with Gasteiger partial charge in [-0.1, -0.05) is 42.3 Å². The summed E-state index contributed by atoms with van der Waals surface area (Å²) in [5.41, 5.74) is 3.15. The fourth-order valence-electron chi connectivity index (χ4n) is 3.60. The average molecular weight is 431 g/mol. The first-order valence-corrected chi connectivity index (χ1v) is 11.8. The number of rotatable bonds is 6. The molecule has 30 heavy (non-hydrogen) atoms. The summed E-state index contributed by atoms with van der Waals surface area (Å²) in [5, 5.41) is 0. The molecule has 0 aromatic heterocycles. The lowest BCUT2D eigenvalue weighted by atomic mass is 10.1. The van der Waals surface area contributed by atoms with E-state index in [1.54, 1.807) is 29.2 Å². The number of carbonyl (C=O) groups is 1. The Morgan fingerprint density at radius 1 is 0.967 bits per heavy atom. The number of carbonyl (C=O) groups excluding carboxylic acids is 1. The van der Waals surface area contributed by atoms with E-state index < -0.39 is 16.1 Å². The van der Waals surface area contributed by atoms with Gasteiger partial charge in [-0.2, -0.15) is 4.31 Å². The molecule has 0 unspecified atom stereocenters. The fraction of sp³-hybridized carbons (Fsp3) is 0.435. The van der Waals surface area contributed by atoms with Crippen LogP contribution in [-0.2, 0) is 14.8 Å². The molecule has 0 N–H and O–H groups in total. The van der Waals surface area contributed by atoms with Crippen LogP contribution in [0, 0.1) is 20.8 Å². The Hall–Kier alpha value is -2.38. The van der Waals surface area contributed by atoms with E-state index in [2.05, 4.69) is 0 Å². The largest absolute Gasteiger partial charge is 0.480 e. The third-order valence-corrected chi connectivity index (χ3v) is 7.37. The number of nitrogens with zero attached hydrogens (tertiary/aromatic N) is 2. The zero-order valence-corrected chi connectivity index (χ0v) is 18.9. The Kier molecular flexibility index (Phi) is 6.83. The van der Waals surface area contributed by atoms with Gasteiger partial charge in [0.25, 0.3) is 5.91 Å². The summed E-state index contributed by atoms with van der Waals surface area (Å²) in [6, 6.07) is 12.7. The van der Waals surface area contributed by atoms with E-state index in [-0.39, 0.29) is 23.9 Å². The van der Waals surface area contributed by atoms with E-state index in [0.717, 1.165) is 16.7 Å². The highest BCUT2D eigenvalue weighted by Gasteiger charge is 2.32. The van der Waals surface area contributed by atoms with Crippen LogP contribution in [-0.4, -0.2) is 55.8 Å². The summed E-state index contributed by atoms with van der Waals surface area (Å²) < 4.78 is 33.2. The second-order valence-electron chi connectivity index (χ2n) is 7.83. The van der Waals surface area contributed by atoms with Crippen molar-refractivity contribution >= 4 is 15.9 Å². The van der Waals surface area contributed by atoms with Crippen LogP contribution < -0.4 is 4.74 Å². The molecule has 0 spiro atoms. The van der Waals surface area contributed by atoms with Gasteiger partial charge in [0.15, 0.2) is 6.10 Å². The third kappa shape index (κ3) is 4.84. The second kappa shape index (κ2) is 9.18. The van der Waals surface area contributed by atoms with Gasteiger partial charge in [0.1, 0.15) is 5.75 Å². The van der Waals surface area contributed by atoms with Crippen molar-refractivity contribution in [1.82, 2.24) is 9.21 Å². The quantitative estimate of drug-likeness (QED) is 0.705. The van der Waals surface area contributed by atoms with Gasteiger partial charge in [-0.05, 0) is 51.0 Å². The average Bonchev–Trinajstić information content (AvgIpc) is 2.73. The molecule has 1 amide bonds. The minimum atomic E-state index is -3.55. The molecular formula is C23H30N2O4S. The molecule has 0 radical (unpaired) electrons. The first kappa shape index (κ1) is 22.3. The molecule has 1 aliphatic heterocycles. The molecule has 0 saturated carbocycles. The van der Waals surface area contributed by atoms with Crippen LogP contribution in [0.5, 0.6) is 5.75 Å². The lowest BCUT2D eigenvalue weighted by Crippen LogP contribution is -2.53. The molecule has 6 nitrogen and oxygen atoms in total. The third-order valence-electron chi connectivity index (χ3n) is 5.45. The number of benzene rings is 2. The van der Waals surface area contributed by atoms with Crippen LogP contribution >= 0.6 is 0 Å². The molecule has 1 heterocycles. The zero-order chi connectivity index (χ0) is 21.9. The van der Waals surface area contributed by atoms with Gasteiger partial charge in [0.05, 0.1) is 4.90 Å². The number of piperazine rings is 1. The zero-order valence-electron chi connectivity index (χ0n) is 18.1. The van der Waals surface area contributed by atoms with Gasteiger partial charge >= 0.3 is 0 Å². The van der Waals surface area contributed by atoms with Crippen molar-refractivity contribution in [3.05, 3.63) is 59.2 Å². The topological polar surface area (TPSA) is 66.9 Å². The Labute approximate surface area is 179 Å². The van der Waals surface area contributed by atoms with Crippen LogP contribution in [0.25, 0.3) is 0 Å². The van der Waals surface area contributed by atoms with Gasteiger partial charge in [0, 0.05) is 26.2 Å². The normalized spacial score (nSPS) is 16.3. The molecule has 2 aromatic rings. The Balaban J connectivity index is 1.64. The maximum Gasteiger partial charge on any atom is 0.263 e. The maximum absolute atomic E-state index is 13.0. The predicted molar refractivity (Wildman–Crippen MR) is 117 cm³/mol. The molecular weight excluding hydrogens is 400 g/mol. The first-order chi connectivity index (χ1) is 14.2. The van der Waals surface area contributed by atoms with Gasteiger partial charge in [-0.15, -0.1) is 0 Å². The standard InChI is InChI=1S/C23H30N2O4S/c1-5-21(29-22-11-8-18(3)16-19(22)4)23(26)24-12-14-25(15-13-24)30(27,28)20-9-6-17(2)7-10-20/h6-11,16,21H,5,12-15H2,1-4H3/t21-/m0/s1. The van der Waals surface area contributed by atoms with E-state index in [1.807, 2.05) is 45.9 Å². The lowest BCUT2D eigenvalue weighted by Gasteiger charge is -2.35. The van der Waals surface area contributed by atoms with Crippen molar-refractivity contribution in [1.29, 1.82) is 0 Å². The highest BCUT2D eigenvalue weighted by atomic mass is 32.2. The summed E-state index contributed by atoms with van der Waals surface area (Å²) in [6.07, 6.45) is -0.0275. The minimum Gasteiger partial charge on any atom is -0.480 e. The summed E-state index contributed by atoms with van der Waals surface area (Å²) in [6.45, 7) is 9.10. The van der Waals surface area contributed by atoms with E-state index in [9.17, 15) is 13.2 Å². The summed E-state index contributed by atoms with van der Waals surface area (Å²) in [4.78, 5) is 15.0. The van der Waals surface area contributed by atoms with Gasteiger partial charge in [0.2, 0.25) is 10.0 Å². The van der Waals surface area contributed by atoms with Crippen LogP contribution in [0.3, 0.4) is 0 Å². The molecule has 1 aliphatic rings. The van der Waals surface area contributed by atoms with Gasteiger partial charge in [-0.3, -0.25) is 4.79 Å². The van der Waals surface area contributed by atoms with Crippen molar-refractivity contribution < 1.29 is 17.9 Å². The fourth-order valence-corrected chi connectivity index (χ4v) is 5.03. The number of hydrogen-bond donors (Lipinski definition) is 0. The van der Waals surface area contributed by atoms with Crippen molar-refractivity contribution in [2.45, 2.75) is 45.1 Å². The Morgan fingerprint density at radius 3 is 2.13 bits per heavy atom. The van der Waals surface area contributed by atoms with Crippen molar-refractivity contribution in [2.24, 2.45) is 0 Å². The molecule has 1 fully saturated rings. The summed E-state index contributed by atoms with van der Waals surface area (Å²) in [7, 11) is -3.55. The van der Waals surface area contributed by atoms with Crippen molar-refractivity contribution in [3.63, 3.8) is 0 Å². The number of sulfonamides is 1. The molecule has 0 aliphatic carbocycles. The number of ether oxygens (including phenoxy) is 1. The monoisotopic (exact) mass is 430 g/mol. The predicted octanol–water partition coefficient (Wildman–Crippen LogP) is 3.30. The minimum absolute atomic E-state index is 0.0927. The second-order valence-corrected chi connectivity index (χ2v) is 9.76. The van der Waals surface area contributed by atoms with Crippen molar-refractivity contribution in [3.8, 4) is 5.75 Å². The Morgan fingerprint density at radius 2 is 1.57 bits per heavy atom. The molecule has 0 bridgehead atoms. The molecule has 3 rings (SSSR count). The van der Waals surface area contributed by atoms with Gasteiger partial charge in [-0.25, -0.2) is 8.42 Å². The number of hydrogen-bond acceptors (Lipinski definition) is 4. The van der Waals surface area contributed by atoms with E-state index in [0.29, 0.717) is 25.3 Å². The molecule has 2 aromatic carbocycles. The molecule has 1 atom stereocenters. The number of amides is 1. The lowest BCUT2D eigenvalue weighted by molar-refractivity contribution is -0.140. The van der Waals surface area contributed by atoms with E-state index in [4.69, 9.17) is 4.74 Å². The SMILES string of the molecule is CC[C@H](Oc1ccc(C)cc1C)C(=O)N1CCN(S(=O)(=O)c2ccc(C)cc2)CC1. The van der Waals surface area contributed by atoms with Crippen LogP contribution in [0.4, 0.5) is 0 Å². The molecule has 1 saturated heterocycles. The summed E-state index contributed by atoms with van der Waals surface area (Å²) in [5.74, 6) is 0.617. The van der Waals surface area contributed by atoms with Gasteiger partial charge < -0.3 is 9.64 Å². The summed E-state index contributed by atoms with van der Waals surface area (Å²) >= 11 is 0. The van der Waals surface area contributed by atoms with Crippen LogP contribution in [0.2, 0.25) is 0 Å². The Bertz CT molecular complexity index is 994.